The lowest BCUT2D eigenvalue weighted by molar-refractivity contribution is 0.990. The van der Waals surface area contributed by atoms with Crippen molar-refractivity contribution in [3.05, 3.63) is 58.6 Å². The number of nitrogens with two attached hydrogens (primary N) is 1. The van der Waals surface area contributed by atoms with E-state index in [0.29, 0.717) is 16.8 Å². The first-order chi connectivity index (χ1) is 10.1. The SMILES string of the molecule is Cc1ccc(-c2nc(N)ncc2-c2ccn[nH]c2=O)cc1. The molecule has 1 aromatic carbocycles. The smallest absolute Gasteiger partial charge is 0.272 e. The highest BCUT2D eigenvalue weighted by molar-refractivity contribution is 5.80. The van der Waals surface area contributed by atoms with Crippen LogP contribution in [0.25, 0.3) is 22.4 Å². The van der Waals surface area contributed by atoms with E-state index < -0.39 is 0 Å². The molecule has 0 aliphatic heterocycles. The van der Waals surface area contributed by atoms with Crippen molar-refractivity contribution >= 4 is 5.95 Å². The quantitative estimate of drug-likeness (QED) is 0.745. The van der Waals surface area contributed by atoms with Crippen LogP contribution in [-0.4, -0.2) is 20.2 Å². The van der Waals surface area contributed by atoms with Crippen molar-refractivity contribution in [2.75, 3.05) is 5.73 Å². The number of hydrogen-bond donors (Lipinski definition) is 2. The number of benzene rings is 1. The average Bonchev–Trinajstić information content (AvgIpc) is 2.49. The van der Waals surface area contributed by atoms with Crippen molar-refractivity contribution < 1.29 is 0 Å². The number of nitrogens with zero attached hydrogens (tertiary/aromatic N) is 3. The summed E-state index contributed by atoms with van der Waals surface area (Å²) < 4.78 is 0. The molecule has 6 heteroatoms. The largest absolute Gasteiger partial charge is 0.368 e. The van der Waals surface area contributed by atoms with E-state index in [0.717, 1.165) is 11.1 Å². The van der Waals surface area contributed by atoms with Crippen molar-refractivity contribution in [3.63, 3.8) is 0 Å². The van der Waals surface area contributed by atoms with Gasteiger partial charge in [0.15, 0.2) is 0 Å². The molecule has 3 rings (SSSR count). The van der Waals surface area contributed by atoms with Crippen LogP contribution in [-0.2, 0) is 0 Å². The number of rotatable bonds is 2. The molecular formula is C15H13N5O. The van der Waals surface area contributed by atoms with Gasteiger partial charge >= 0.3 is 0 Å². The second kappa shape index (κ2) is 5.16. The average molecular weight is 279 g/mol. The first kappa shape index (κ1) is 13.0. The minimum Gasteiger partial charge on any atom is -0.368 e. The van der Waals surface area contributed by atoms with Crippen LogP contribution in [0.4, 0.5) is 5.95 Å². The molecule has 0 saturated carbocycles. The van der Waals surface area contributed by atoms with Gasteiger partial charge in [0.2, 0.25) is 5.95 Å². The van der Waals surface area contributed by atoms with Gasteiger partial charge in [-0.3, -0.25) is 4.79 Å². The lowest BCUT2D eigenvalue weighted by Gasteiger charge is -2.09. The van der Waals surface area contributed by atoms with Crippen LogP contribution in [0.15, 0.2) is 47.5 Å². The predicted molar refractivity (Wildman–Crippen MR) is 80.5 cm³/mol. The summed E-state index contributed by atoms with van der Waals surface area (Å²) in [5.74, 6) is 0.166. The third-order valence-corrected chi connectivity index (χ3v) is 3.15. The summed E-state index contributed by atoms with van der Waals surface area (Å²) in [6.45, 7) is 2.01. The molecule has 2 heterocycles. The second-order valence-electron chi connectivity index (χ2n) is 4.66. The Kier molecular flexibility index (Phi) is 3.19. The Morgan fingerprint density at radius 3 is 2.57 bits per heavy atom. The van der Waals surface area contributed by atoms with Crippen LogP contribution in [0, 0.1) is 6.92 Å². The molecule has 0 amide bonds. The van der Waals surface area contributed by atoms with Crippen LogP contribution < -0.4 is 11.3 Å². The predicted octanol–water partition coefficient (Wildman–Crippen LogP) is 1.78. The zero-order valence-corrected chi connectivity index (χ0v) is 11.4. The van der Waals surface area contributed by atoms with Crippen molar-refractivity contribution in [2.24, 2.45) is 0 Å². The topological polar surface area (TPSA) is 97.5 Å². The fourth-order valence-electron chi connectivity index (χ4n) is 2.08. The Labute approximate surface area is 120 Å². The van der Waals surface area contributed by atoms with E-state index in [1.807, 2.05) is 31.2 Å². The van der Waals surface area contributed by atoms with Crippen molar-refractivity contribution in [1.82, 2.24) is 20.2 Å². The Hall–Kier alpha value is -3.02. The Morgan fingerprint density at radius 2 is 1.86 bits per heavy atom. The van der Waals surface area contributed by atoms with Gasteiger partial charge in [0.25, 0.3) is 5.56 Å². The van der Waals surface area contributed by atoms with Gasteiger partial charge in [-0.25, -0.2) is 15.1 Å². The molecule has 6 nitrogen and oxygen atoms in total. The summed E-state index contributed by atoms with van der Waals surface area (Å²) in [4.78, 5) is 20.2. The molecule has 0 atom stereocenters. The number of hydrogen-bond acceptors (Lipinski definition) is 5. The number of H-pyrrole nitrogens is 1. The van der Waals surface area contributed by atoms with Crippen molar-refractivity contribution in [3.8, 4) is 22.4 Å². The van der Waals surface area contributed by atoms with E-state index in [1.165, 1.54) is 6.20 Å². The molecule has 0 bridgehead atoms. The van der Waals surface area contributed by atoms with Gasteiger partial charge in [0, 0.05) is 23.5 Å². The van der Waals surface area contributed by atoms with Gasteiger partial charge in [-0.1, -0.05) is 29.8 Å². The van der Waals surface area contributed by atoms with Gasteiger partial charge in [0.05, 0.1) is 11.3 Å². The maximum Gasteiger partial charge on any atom is 0.272 e. The first-order valence-electron chi connectivity index (χ1n) is 6.39. The molecule has 0 radical (unpaired) electrons. The van der Waals surface area contributed by atoms with Crippen LogP contribution in [0.5, 0.6) is 0 Å². The number of aryl methyl sites for hydroxylation is 1. The van der Waals surface area contributed by atoms with Crippen LogP contribution in [0.2, 0.25) is 0 Å². The zero-order chi connectivity index (χ0) is 14.8. The molecule has 104 valence electrons. The van der Waals surface area contributed by atoms with Gasteiger partial charge < -0.3 is 5.73 Å². The van der Waals surface area contributed by atoms with E-state index in [1.54, 1.807) is 12.3 Å². The van der Waals surface area contributed by atoms with Gasteiger partial charge in [-0.05, 0) is 13.0 Å². The molecule has 0 aliphatic carbocycles. The summed E-state index contributed by atoms with van der Waals surface area (Å²) in [7, 11) is 0. The minimum atomic E-state index is -0.292. The summed E-state index contributed by atoms with van der Waals surface area (Å²) in [5, 5.41) is 6.11. The highest BCUT2D eigenvalue weighted by Crippen LogP contribution is 2.28. The molecule has 0 saturated heterocycles. The highest BCUT2D eigenvalue weighted by atomic mass is 16.1. The van der Waals surface area contributed by atoms with E-state index in [-0.39, 0.29) is 11.5 Å². The molecule has 3 N–H and O–H groups in total. The summed E-state index contributed by atoms with van der Waals surface area (Å²) >= 11 is 0. The Balaban J connectivity index is 2.25. The maximum absolute atomic E-state index is 11.9. The van der Waals surface area contributed by atoms with Crippen LogP contribution >= 0.6 is 0 Å². The molecule has 0 unspecified atom stereocenters. The third kappa shape index (κ3) is 2.51. The number of nitrogen functional groups attached to an aromatic ring is 1. The van der Waals surface area contributed by atoms with Gasteiger partial charge in [-0.2, -0.15) is 5.10 Å². The first-order valence-corrected chi connectivity index (χ1v) is 6.39. The van der Waals surface area contributed by atoms with E-state index in [9.17, 15) is 4.79 Å². The van der Waals surface area contributed by atoms with Gasteiger partial charge in [-0.15, -0.1) is 0 Å². The lowest BCUT2D eigenvalue weighted by Crippen LogP contribution is -2.11. The van der Waals surface area contributed by atoms with E-state index >= 15 is 0 Å². The summed E-state index contributed by atoms with van der Waals surface area (Å²) in [6, 6.07) is 9.47. The van der Waals surface area contributed by atoms with E-state index in [2.05, 4.69) is 20.2 Å². The zero-order valence-electron chi connectivity index (χ0n) is 11.4. The number of anilines is 1. The maximum atomic E-state index is 11.9. The number of aromatic amines is 1. The Bertz CT molecular complexity index is 839. The van der Waals surface area contributed by atoms with Crippen molar-refractivity contribution in [2.45, 2.75) is 6.92 Å². The van der Waals surface area contributed by atoms with Crippen molar-refractivity contribution in [1.29, 1.82) is 0 Å². The fraction of sp³-hybridized carbons (Fsp3) is 0.0667. The molecule has 3 aromatic rings. The number of aromatic nitrogens is 4. The Morgan fingerprint density at radius 1 is 1.10 bits per heavy atom. The van der Waals surface area contributed by atoms with E-state index in [4.69, 9.17) is 5.73 Å². The normalized spacial score (nSPS) is 10.5. The fourth-order valence-corrected chi connectivity index (χ4v) is 2.08. The van der Waals surface area contributed by atoms with Crippen LogP contribution in [0.1, 0.15) is 5.56 Å². The van der Waals surface area contributed by atoms with Gasteiger partial charge in [0.1, 0.15) is 0 Å². The monoisotopic (exact) mass is 279 g/mol. The minimum absolute atomic E-state index is 0.166. The number of nitrogens with one attached hydrogen (secondary N) is 1. The second-order valence-corrected chi connectivity index (χ2v) is 4.66. The van der Waals surface area contributed by atoms with Crippen LogP contribution in [0.3, 0.4) is 0 Å². The standard InChI is InChI=1S/C15H13N5O/c1-9-2-4-10(5-3-9)13-12(8-17-15(16)19-13)11-6-7-18-20-14(11)21/h2-8H,1H3,(H,20,21)(H2,16,17,19). The lowest BCUT2D eigenvalue weighted by atomic mass is 10.0. The highest BCUT2D eigenvalue weighted by Gasteiger charge is 2.13. The molecule has 21 heavy (non-hydrogen) atoms. The molecule has 2 aromatic heterocycles. The summed E-state index contributed by atoms with van der Waals surface area (Å²) in [6.07, 6.45) is 3.08. The summed E-state index contributed by atoms with van der Waals surface area (Å²) in [5.41, 5.74) is 9.12. The molecule has 0 fully saturated rings. The third-order valence-electron chi connectivity index (χ3n) is 3.15. The molecule has 0 spiro atoms. The molecular weight excluding hydrogens is 266 g/mol. The molecule has 0 aliphatic rings.